The Morgan fingerprint density at radius 1 is 1.22 bits per heavy atom. The minimum Gasteiger partial charge on any atom is -0.395 e. The second-order valence-corrected chi connectivity index (χ2v) is 4.76. The van der Waals surface area contributed by atoms with E-state index in [0.717, 1.165) is 4.90 Å². The van der Waals surface area contributed by atoms with Crippen LogP contribution in [0.25, 0.3) is 0 Å². The number of hydrogen-bond donors (Lipinski definition) is 3. The number of ether oxygens (including phenoxy) is 1. The van der Waals surface area contributed by atoms with E-state index in [1.807, 2.05) is 0 Å². The van der Waals surface area contributed by atoms with Crippen LogP contribution in [0.15, 0.2) is 36.0 Å². The van der Waals surface area contributed by atoms with Crippen molar-refractivity contribution in [3.63, 3.8) is 0 Å². The van der Waals surface area contributed by atoms with Crippen molar-refractivity contribution >= 4 is 29.1 Å². The first-order valence-corrected chi connectivity index (χ1v) is 6.89. The number of hydrogen-bond acceptors (Lipinski definition) is 6. The average molecular weight is 319 g/mol. The number of carbonyl (C=O) groups excluding carboxylic acids is 3. The molecule has 0 unspecified atom stereocenters. The molecule has 0 atom stereocenters. The van der Waals surface area contributed by atoms with Gasteiger partial charge in [-0.25, -0.2) is 0 Å². The maximum Gasteiger partial charge on any atom is 0.277 e. The number of nitrogens with zero attached hydrogens (tertiary/aromatic N) is 1. The van der Waals surface area contributed by atoms with Gasteiger partial charge in [0.05, 0.1) is 13.2 Å². The van der Waals surface area contributed by atoms with E-state index in [0.29, 0.717) is 11.4 Å². The molecule has 122 valence electrons. The Balaban J connectivity index is 1.99. The molecule has 0 fully saturated rings. The predicted molar refractivity (Wildman–Crippen MR) is 82.5 cm³/mol. The molecule has 0 spiro atoms. The van der Waals surface area contributed by atoms with Gasteiger partial charge in [0.2, 0.25) is 5.91 Å². The van der Waals surface area contributed by atoms with Crippen LogP contribution in [-0.2, 0) is 19.1 Å². The second-order valence-electron chi connectivity index (χ2n) is 4.76. The highest BCUT2D eigenvalue weighted by atomic mass is 16.5. The summed E-state index contributed by atoms with van der Waals surface area (Å²) in [5.41, 5.74) is 1.31. The van der Waals surface area contributed by atoms with Gasteiger partial charge in [-0.15, -0.1) is 0 Å². The lowest BCUT2D eigenvalue weighted by molar-refractivity contribution is -0.137. The van der Waals surface area contributed by atoms with Crippen LogP contribution in [0, 0.1) is 0 Å². The van der Waals surface area contributed by atoms with Crippen LogP contribution >= 0.6 is 0 Å². The van der Waals surface area contributed by atoms with Gasteiger partial charge in [-0.3, -0.25) is 19.3 Å². The van der Waals surface area contributed by atoms with Gasteiger partial charge >= 0.3 is 0 Å². The normalized spacial score (nSPS) is 14.0. The van der Waals surface area contributed by atoms with E-state index < -0.39 is 11.8 Å². The molecule has 0 aliphatic carbocycles. The molecule has 3 amide bonds. The Morgan fingerprint density at radius 3 is 2.48 bits per heavy atom. The minimum absolute atomic E-state index is 0.0375. The molecule has 0 saturated carbocycles. The maximum absolute atomic E-state index is 12.0. The average Bonchev–Trinajstić information content (AvgIpc) is 2.77. The van der Waals surface area contributed by atoms with Gasteiger partial charge in [-0.2, -0.15) is 0 Å². The fraction of sp³-hybridized carbons (Fsp3) is 0.267. The topological polar surface area (TPSA) is 108 Å². The largest absolute Gasteiger partial charge is 0.395 e. The summed E-state index contributed by atoms with van der Waals surface area (Å²) in [7, 11) is 1.43. The number of aliphatic hydroxyl groups excluding tert-OH is 1. The van der Waals surface area contributed by atoms with Gasteiger partial charge in [0.15, 0.2) is 0 Å². The van der Waals surface area contributed by atoms with Gasteiger partial charge in [0, 0.05) is 24.6 Å². The van der Waals surface area contributed by atoms with E-state index in [1.165, 1.54) is 13.2 Å². The van der Waals surface area contributed by atoms with Crippen LogP contribution in [0.4, 0.5) is 11.4 Å². The number of amides is 3. The van der Waals surface area contributed by atoms with Gasteiger partial charge in [0.25, 0.3) is 11.8 Å². The fourth-order valence-electron chi connectivity index (χ4n) is 2.03. The number of rotatable bonds is 7. The van der Waals surface area contributed by atoms with Crippen LogP contribution in [0.3, 0.4) is 0 Å². The molecule has 1 aromatic rings. The van der Waals surface area contributed by atoms with Crippen molar-refractivity contribution < 1.29 is 24.2 Å². The maximum atomic E-state index is 12.0. The van der Waals surface area contributed by atoms with E-state index in [2.05, 4.69) is 10.6 Å². The molecule has 3 N–H and O–H groups in total. The second kappa shape index (κ2) is 7.52. The van der Waals surface area contributed by atoms with Gasteiger partial charge < -0.3 is 20.5 Å². The quantitative estimate of drug-likeness (QED) is 0.607. The van der Waals surface area contributed by atoms with Gasteiger partial charge in [0.1, 0.15) is 12.3 Å². The van der Waals surface area contributed by atoms with Crippen LogP contribution in [0.5, 0.6) is 0 Å². The molecule has 0 saturated heterocycles. The summed E-state index contributed by atoms with van der Waals surface area (Å²) in [5, 5.41) is 14.3. The zero-order valence-corrected chi connectivity index (χ0v) is 12.5. The number of carbonyl (C=O) groups is 3. The number of nitrogens with one attached hydrogen (secondary N) is 2. The van der Waals surface area contributed by atoms with Crippen molar-refractivity contribution in [3.05, 3.63) is 36.0 Å². The molecule has 2 rings (SSSR count). The van der Waals surface area contributed by atoms with Crippen molar-refractivity contribution in [2.45, 2.75) is 0 Å². The zero-order chi connectivity index (χ0) is 16.8. The number of methoxy groups -OCH3 is 1. The molecular formula is C15H17N3O5. The first-order valence-electron chi connectivity index (χ1n) is 6.89. The summed E-state index contributed by atoms with van der Waals surface area (Å²) in [6.45, 7) is -0.359. The van der Waals surface area contributed by atoms with Crippen molar-refractivity contribution in [1.29, 1.82) is 0 Å². The summed E-state index contributed by atoms with van der Waals surface area (Å²) >= 11 is 0. The smallest absolute Gasteiger partial charge is 0.277 e. The van der Waals surface area contributed by atoms with Crippen molar-refractivity contribution in [2.75, 3.05) is 37.5 Å². The monoisotopic (exact) mass is 319 g/mol. The SMILES string of the molecule is COCC(=O)Nc1ccc(NC2=CC(=O)N(CCO)C2=O)cc1. The molecular weight excluding hydrogens is 302 g/mol. The summed E-state index contributed by atoms with van der Waals surface area (Å²) in [5.74, 6) is -1.22. The van der Waals surface area contributed by atoms with E-state index in [-0.39, 0.29) is 31.4 Å². The minimum atomic E-state index is -0.485. The third-order valence-electron chi connectivity index (χ3n) is 3.06. The van der Waals surface area contributed by atoms with Crippen LogP contribution in [0.1, 0.15) is 0 Å². The molecule has 8 nitrogen and oxygen atoms in total. The molecule has 0 radical (unpaired) electrons. The molecule has 0 bridgehead atoms. The Labute approximate surface area is 132 Å². The summed E-state index contributed by atoms with van der Waals surface area (Å²) in [6, 6.07) is 6.64. The number of aliphatic hydroxyl groups is 1. The van der Waals surface area contributed by atoms with E-state index in [1.54, 1.807) is 24.3 Å². The Kier molecular flexibility index (Phi) is 5.45. The Morgan fingerprint density at radius 2 is 1.87 bits per heavy atom. The highest BCUT2D eigenvalue weighted by Crippen LogP contribution is 2.19. The van der Waals surface area contributed by atoms with E-state index >= 15 is 0 Å². The van der Waals surface area contributed by atoms with Gasteiger partial charge in [-0.05, 0) is 24.3 Å². The summed E-state index contributed by atoms with van der Waals surface area (Å²) in [4.78, 5) is 36.0. The molecule has 8 heteroatoms. The Bertz CT molecular complexity index is 639. The van der Waals surface area contributed by atoms with Crippen LogP contribution in [-0.4, -0.2) is 54.6 Å². The highest BCUT2D eigenvalue weighted by Gasteiger charge is 2.30. The summed E-state index contributed by atoms with van der Waals surface area (Å²) < 4.78 is 4.72. The predicted octanol–water partition coefficient (Wildman–Crippen LogP) is -0.0716. The van der Waals surface area contributed by atoms with E-state index in [9.17, 15) is 14.4 Å². The van der Waals surface area contributed by atoms with Gasteiger partial charge in [-0.1, -0.05) is 0 Å². The van der Waals surface area contributed by atoms with Crippen molar-refractivity contribution in [1.82, 2.24) is 4.90 Å². The highest BCUT2D eigenvalue weighted by molar-refractivity contribution is 6.17. The lowest BCUT2D eigenvalue weighted by Crippen LogP contribution is -2.34. The number of anilines is 2. The molecule has 1 aliphatic rings. The van der Waals surface area contributed by atoms with Crippen LogP contribution in [0.2, 0.25) is 0 Å². The molecule has 23 heavy (non-hydrogen) atoms. The lowest BCUT2D eigenvalue weighted by atomic mass is 10.2. The van der Waals surface area contributed by atoms with Crippen LogP contribution < -0.4 is 10.6 Å². The molecule has 0 aromatic heterocycles. The molecule has 1 aliphatic heterocycles. The standard InChI is InChI=1S/C15H17N3O5/c1-23-9-13(20)17-11-4-2-10(3-5-11)16-12-8-14(21)18(6-7-19)15(12)22/h2-5,8,16,19H,6-7,9H2,1H3,(H,17,20). The van der Waals surface area contributed by atoms with Crippen molar-refractivity contribution in [3.8, 4) is 0 Å². The van der Waals surface area contributed by atoms with Crippen molar-refractivity contribution in [2.24, 2.45) is 0 Å². The first kappa shape index (κ1) is 16.7. The number of imide groups is 1. The zero-order valence-electron chi connectivity index (χ0n) is 12.5. The third-order valence-corrected chi connectivity index (χ3v) is 3.06. The number of β-amino-alcohol motifs (C(OH)–C–C–N with tert-alkyl or cyclic N) is 1. The molecule has 1 heterocycles. The summed E-state index contributed by atoms with van der Waals surface area (Å²) in [6.07, 6.45) is 1.19. The Hall–Kier alpha value is -2.71. The first-order chi connectivity index (χ1) is 11.0. The lowest BCUT2D eigenvalue weighted by Gasteiger charge is -2.13. The fourth-order valence-corrected chi connectivity index (χ4v) is 2.03. The molecule has 1 aromatic carbocycles. The third kappa shape index (κ3) is 4.15. The van der Waals surface area contributed by atoms with E-state index in [4.69, 9.17) is 9.84 Å². The number of benzene rings is 1.